The first kappa shape index (κ1) is 29.5. The van der Waals surface area contributed by atoms with Crippen molar-refractivity contribution in [3.05, 3.63) is 212 Å². The zero-order valence-electron chi connectivity index (χ0n) is 26.6. The number of carbonyl (C=O) groups is 2. The third-order valence-electron chi connectivity index (χ3n) is 10.5. The fourth-order valence-electron chi connectivity index (χ4n) is 9.05. The molecule has 0 saturated heterocycles. The van der Waals surface area contributed by atoms with E-state index in [9.17, 15) is 9.59 Å². The second-order valence-corrected chi connectivity index (χ2v) is 15.7. The molecular formula is C44H32O2S2. The Hall–Kier alpha value is -4.64. The van der Waals surface area contributed by atoms with Crippen molar-refractivity contribution in [1.82, 2.24) is 0 Å². The summed E-state index contributed by atoms with van der Waals surface area (Å²) in [6.45, 7) is 3.35. The Morgan fingerprint density at radius 3 is 0.750 bits per heavy atom. The van der Waals surface area contributed by atoms with E-state index in [1.165, 1.54) is 90.3 Å². The first-order chi connectivity index (χ1) is 23.5. The second kappa shape index (κ2) is 10.9. The van der Waals surface area contributed by atoms with Gasteiger partial charge in [0.25, 0.3) is 0 Å². The fourth-order valence-corrected chi connectivity index (χ4v) is 11.7. The van der Waals surface area contributed by atoms with Gasteiger partial charge in [-0.05, 0) is 66.8 Å². The van der Waals surface area contributed by atoms with E-state index in [0.717, 1.165) is 0 Å². The molecule has 48 heavy (non-hydrogen) atoms. The van der Waals surface area contributed by atoms with Gasteiger partial charge in [0.2, 0.25) is 0 Å². The summed E-state index contributed by atoms with van der Waals surface area (Å²) < 4.78 is -0.852. The minimum absolute atomic E-state index is 0.148. The van der Waals surface area contributed by atoms with Crippen LogP contribution in [0, 0.1) is 0 Å². The smallest absolute Gasteiger partial charge is 0.187 e. The lowest BCUT2D eigenvalue weighted by atomic mass is 9.60. The van der Waals surface area contributed by atoms with Gasteiger partial charge in [0.05, 0.1) is 9.49 Å². The molecule has 0 spiro atoms. The number of carbonyl (C=O) groups excluding carboxylic acids is 2. The second-order valence-electron chi connectivity index (χ2n) is 12.9. The van der Waals surface area contributed by atoms with Crippen LogP contribution < -0.4 is 0 Å². The van der Waals surface area contributed by atoms with E-state index in [1.54, 1.807) is 13.8 Å². The molecule has 0 amide bonds. The highest BCUT2D eigenvalue weighted by atomic mass is 32.2. The highest BCUT2D eigenvalue weighted by Crippen LogP contribution is 2.64. The molecule has 0 radical (unpaired) electrons. The van der Waals surface area contributed by atoms with Gasteiger partial charge >= 0.3 is 0 Å². The van der Waals surface area contributed by atoms with Crippen molar-refractivity contribution >= 4 is 33.8 Å². The maximum Gasteiger partial charge on any atom is 0.187 e. The van der Waals surface area contributed by atoms with E-state index in [4.69, 9.17) is 0 Å². The van der Waals surface area contributed by atoms with E-state index in [-0.39, 0.29) is 22.1 Å². The maximum atomic E-state index is 12.3. The van der Waals surface area contributed by atoms with Crippen molar-refractivity contribution in [3.63, 3.8) is 0 Å². The number of benzene rings is 6. The number of hydrogen-bond donors (Lipinski definition) is 0. The Bertz CT molecular complexity index is 1910. The van der Waals surface area contributed by atoms with E-state index < -0.39 is 9.49 Å². The van der Waals surface area contributed by atoms with Crippen LogP contribution in [-0.2, 0) is 19.1 Å². The molecule has 6 aliphatic rings. The van der Waals surface area contributed by atoms with Crippen molar-refractivity contribution in [2.75, 3.05) is 0 Å². The molecule has 0 aromatic heterocycles. The average Bonchev–Trinajstić information content (AvgIpc) is 3.12. The highest BCUT2D eigenvalue weighted by molar-refractivity contribution is 8.15. The van der Waals surface area contributed by atoms with Crippen LogP contribution in [0.1, 0.15) is 92.4 Å². The molecule has 12 rings (SSSR count). The van der Waals surface area contributed by atoms with Crippen LogP contribution in [0.5, 0.6) is 0 Å². The lowest BCUT2D eigenvalue weighted by Crippen LogP contribution is -2.40. The van der Waals surface area contributed by atoms with Gasteiger partial charge in [0.1, 0.15) is 0 Å². The maximum absolute atomic E-state index is 12.3. The van der Waals surface area contributed by atoms with Gasteiger partial charge in [-0.1, -0.05) is 169 Å². The van der Waals surface area contributed by atoms with Crippen molar-refractivity contribution < 1.29 is 9.59 Å². The van der Waals surface area contributed by atoms with E-state index >= 15 is 0 Å². The molecule has 0 fully saturated rings. The van der Waals surface area contributed by atoms with Gasteiger partial charge in [-0.15, -0.1) is 0 Å². The minimum atomic E-state index is -0.426. The monoisotopic (exact) mass is 656 g/mol. The molecule has 0 N–H and O–H groups in total. The molecule has 0 atom stereocenters. The summed E-state index contributed by atoms with van der Waals surface area (Å²) in [7, 11) is 0. The highest BCUT2D eigenvalue weighted by Gasteiger charge is 2.54. The van der Waals surface area contributed by atoms with Crippen molar-refractivity contribution in [2.24, 2.45) is 0 Å². The van der Waals surface area contributed by atoms with Crippen LogP contribution in [-0.4, -0.2) is 10.2 Å². The van der Waals surface area contributed by atoms with E-state index in [1.807, 2.05) is 0 Å². The Morgan fingerprint density at radius 2 is 0.562 bits per heavy atom. The van der Waals surface area contributed by atoms with Crippen LogP contribution in [0.2, 0.25) is 0 Å². The van der Waals surface area contributed by atoms with Crippen LogP contribution in [0.3, 0.4) is 0 Å². The lowest BCUT2D eigenvalue weighted by Gasteiger charge is -2.49. The molecule has 6 aliphatic carbocycles. The zero-order chi connectivity index (χ0) is 32.6. The number of thioether (sulfide) groups is 2. The van der Waals surface area contributed by atoms with Crippen LogP contribution in [0.4, 0.5) is 0 Å². The van der Waals surface area contributed by atoms with Gasteiger partial charge in [0, 0.05) is 25.7 Å². The molecular weight excluding hydrogens is 625 g/mol. The summed E-state index contributed by atoms with van der Waals surface area (Å²) >= 11 is 2.90. The summed E-state index contributed by atoms with van der Waals surface area (Å²) in [6.07, 6.45) is 0. The largest absolute Gasteiger partial charge is 0.287 e. The molecule has 0 saturated carbocycles. The van der Waals surface area contributed by atoms with Crippen LogP contribution in [0.15, 0.2) is 146 Å². The third-order valence-corrected chi connectivity index (χ3v) is 13.0. The molecule has 2 nitrogen and oxygen atoms in total. The first-order valence-electron chi connectivity index (χ1n) is 16.4. The normalized spacial score (nSPS) is 22.5. The van der Waals surface area contributed by atoms with Crippen LogP contribution in [0.25, 0.3) is 0 Å². The predicted octanol–water partition coefficient (Wildman–Crippen LogP) is 10.1. The molecule has 232 valence electrons. The Kier molecular flexibility index (Phi) is 6.73. The summed E-state index contributed by atoms with van der Waals surface area (Å²) in [5, 5.41) is 0.296. The first-order valence-corrected chi connectivity index (χ1v) is 18.1. The van der Waals surface area contributed by atoms with Crippen molar-refractivity contribution in [2.45, 2.75) is 35.2 Å². The quantitative estimate of drug-likeness (QED) is 0.186. The predicted molar refractivity (Wildman–Crippen MR) is 197 cm³/mol. The van der Waals surface area contributed by atoms with Gasteiger partial charge in [-0.25, -0.2) is 0 Å². The van der Waals surface area contributed by atoms with Gasteiger partial charge in [-0.3, -0.25) is 9.59 Å². The zero-order valence-corrected chi connectivity index (χ0v) is 28.3. The molecule has 4 heteroatoms. The van der Waals surface area contributed by atoms with E-state index in [0.29, 0.717) is 0 Å². The van der Waals surface area contributed by atoms with Crippen molar-refractivity contribution in [3.8, 4) is 0 Å². The Morgan fingerprint density at radius 1 is 0.375 bits per heavy atom. The van der Waals surface area contributed by atoms with Crippen LogP contribution >= 0.6 is 23.5 Å². The summed E-state index contributed by atoms with van der Waals surface area (Å²) in [6, 6.07) is 51.7. The third kappa shape index (κ3) is 3.90. The molecule has 6 aromatic carbocycles. The SMILES string of the molecule is CC(=O)SC12c3ccccc3C(c3ccccc31)c1ccccc12.CC(=O)SC12c3ccccc3C(c3ccccc31)c1ccccc12. The van der Waals surface area contributed by atoms with Crippen molar-refractivity contribution in [1.29, 1.82) is 0 Å². The van der Waals surface area contributed by atoms with E-state index in [2.05, 4.69) is 146 Å². The molecule has 6 aromatic rings. The Balaban J connectivity index is 0.000000131. The lowest BCUT2D eigenvalue weighted by molar-refractivity contribution is -0.110. The molecule has 0 heterocycles. The summed E-state index contributed by atoms with van der Waals surface area (Å²) in [5.74, 6) is 0.533. The molecule has 0 aliphatic heterocycles. The van der Waals surface area contributed by atoms with Gasteiger partial charge in [0.15, 0.2) is 10.2 Å². The molecule has 0 unspecified atom stereocenters. The summed E-state index contributed by atoms with van der Waals surface area (Å²) in [4.78, 5) is 24.6. The minimum Gasteiger partial charge on any atom is -0.287 e. The Labute approximate surface area is 289 Å². The average molecular weight is 657 g/mol. The topological polar surface area (TPSA) is 34.1 Å². The summed E-state index contributed by atoms with van der Waals surface area (Å²) in [5.41, 5.74) is 15.6. The molecule has 4 bridgehead atoms. The number of hydrogen-bond acceptors (Lipinski definition) is 4. The number of rotatable bonds is 2. The van der Waals surface area contributed by atoms with Gasteiger partial charge in [-0.2, -0.15) is 0 Å². The standard InChI is InChI=1S/2C22H16OS/c2*1-14(23)24-22-18-11-5-2-8-15(18)21(16-9-3-6-12-19(16)22)17-10-4-7-13-20(17)22/h2*2-13,21H,1H3. The fraction of sp³-hybridized carbons (Fsp3) is 0.136. The van der Waals surface area contributed by atoms with Gasteiger partial charge < -0.3 is 0 Å².